The predicted octanol–water partition coefficient (Wildman–Crippen LogP) is 3.77. The van der Waals surface area contributed by atoms with Gasteiger partial charge < -0.3 is 5.32 Å². The van der Waals surface area contributed by atoms with E-state index in [-0.39, 0.29) is 23.5 Å². The monoisotopic (exact) mass is 372 g/mol. The molecule has 1 aromatic carbocycles. The fourth-order valence-electron chi connectivity index (χ4n) is 3.56. The third kappa shape index (κ3) is 2.21. The van der Waals surface area contributed by atoms with Gasteiger partial charge in [0.25, 0.3) is 0 Å². The number of carbonyl (C=O) groups excluding carboxylic acids is 1. The van der Waals surface area contributed by atoms with Crippen LogP contribution in [-0.4, -0.2) is 28.0 Å². The Labute approximate surface area is 151 Å². The Morgan fingerprint density at radius 3 is 2.81 bits per heavy atom. The fraction of sp³-hybridized carbons (Fsp3) is 0.278. The largest absolute Gasteiger partial charge is 0.359 e. The van der Waals surface area contributed by atoms with Gasteiger partial charge in [0.2, 0.25) is 0 Å². The molecule has 1 amide bonds. The zero-order valence-corrected chi connectivity index (χ0v) is 14.3. The van der Waals surface area contributed by atoms with Crippen LogP contribution in [0.4, 0.5) is 19.7 Å². The van der Waals surface area contributed by atoms with Gasteiger partial charge in [-0.15, -0.1) is 0 Å². The van der Waals surface area contributed by atoms with Crippen LogP contribution in [0, 0.1) is 0 Å². The number of aromatic nitrogens is 2. The number of amides is 1. The molecular formula is C18H14F2N4OS. The predicted molar refractivity (Wildman–Crippen MR) is 95.7 cm³/mol. The van der Waals surface area contributed by atoms with Crippen LogP contribution in [0.2, 0.25) is 0 Å². The Hall–Kier alpha value is -2.61. The number of hydrogen-bond donors (Lipinski definition) is 1. The van der Waals surface area contributed by atoms with E-state index in [1.54, 1.807) is 11.3 Å². The van der Waals surface area contributed by atoms with Crippen molar-refractivity contribution in [1.29, 1.82) is 0 Å². The average molecular weight is 372 g/mol. The topological polar surface area (TPSA) is 58.1 Å². The molecule has 2 aliphatic rings. The lowest BCUT2D eigenvalue weighted by Crippen LogP contribution is -2.53. The molecule has 5 nitrogen and oxygen atoms in total. The highest BCUT2D eigenvalue weighted by Crippen LogP contribution is 2.46. The van der Waals surface area contributed by atoms with Gasteiger partial charge in [-0.25, -0.2) is 9.97 Å². The van der Waals surface area contributed by atoms with Crippen LogP contribution >= 0.6 is 11.3 Å². The van der Waals surface area contributed by atoms with Crippen LogP contribution in [-0.2, 0) is 10.7 Å². The van der Waals surface area contributed by atoms with E-state index in [1.807, 2.05) is 24.3 Å². The molecule has 26 heavy (non-hydrogen) atoms. The minimum Gasteiger partial charge on any atom is -0.359 e. The van der Waals surface area contributed by atoms with E-state index in [9.17, 15) is 13.6 Å². The molecule has 0 unspecified atom stereocenters. The molecule has 1 aliphatic heterocycles. The second kappa shape index (κ2) is 5.44. The zero-order chi connectivity index (χ0) is 17.9. The summed E-state index contributed by atoms with van der Waals surface area (Å²) in [5.74, 6) is -4.57. The van der Waals surface area contributed by atoms with Gasteiger partial charge in [0, 0.05) is 18.3 Å². The van der Waals surface area contributed by atoms with Gasteiger partial charge in [0.05, 0.1) is 15.8 Å². The normalized spacial score (nSPS) is 23.8. The minimum absolute atomic E-state index is 0.0888. The first-order valence-corrected chi connectivity index (χ1v) is 9.15. The van der Waals surface area contributed by atoms with Gasteiger partial charge in [-0.05, 0) is 37.1 Å². The molecule has 0 bridgehead atoms. The number of pyridine rings is 1. The number of fused-ring (bicyclic) bond motifs is 2. The number of halogens is 2. The molecule has 1 N–H and O–H groups in total. The number of anilines is 2. The number of carbonyl (C=O) groups is 1. The van der Waals surface area contributed by atoms with Crippen molar-refractivity contribution in [3.8, 4) is 0 Å². The maximum Gasteiger partial charge on any atom is 0.353 e. The van der Waals surface area contributed by atoms with Gasteiger partial charge in [-0.3, -0.25) is 9.69 Å². The summed E-state index contributed by atoms with van der Waals surface area (Å²) < 4.78 is 29.5. The second-order valence-corrected chi connectivity index (χ2v) is 7.61. The van der Waals surface area contributed by atoms with Crippen LogP contribution < -0.4 is 10.2 Å². The Bertz CT molecular complexity index is 982. The maximum atomic E-state index is 14.2. The first-order valence-electron chi connectivity index (χ1n) is 8.33. The van der Waals surface area contributed by atoms with E-state index in [4.69, 9.17) is 0 Å². The van der Waals surface area contributed by atoms with Crippen molar-refractivity contribution in [2.45, 2.75) is 30.8 Å². The smallest absolute Gasteiger partial charge is 0.353 e. The molecule has 1 aliphatic carbocycles. The SMILES string of the molecule is O=C1N([C@H]2C[C@H](Nc3nc4ccccc4s3)C2)c2ncccc2C1(F)F. The van der Waals surface area contributed by atoms with Crippen molar-refractivity contribution >= 4 is 38.4 Å². The zero-order valence-electron chi connectivity index (χ0n) is 13.5. The van der Waals surface area contributed by atoms with E-state index in [1.165, 1.54) is 23.2 Å². The minimum atomic E-state index is -3.49. The van der Waals surface area contributed by atoms with Crippen LogP contribution in [0.1, 0.15) is 18.4 Å². The summed E-state index contributed by atoms with van der Waals surface area (Å²) in [5.41, 5.74) is 0.635. The van der Waals surface area contributed by atoms with Crippen molar-refractivity contribution in [3.05, 3.63) is 48.2 Å². The number of rotatable bonds is 3. The molecule has 1 fully saturated rings. The third-order valence-corrected chi connectivity index (χ3v) is 5.91. The number of thiazole rings is 1. The number of benzene rings is 1. The van der Waals surface area contributed by atoms with Crippen LogP contribution in [0.15, 0.2) is 42.6 Å². The highest BCUT2D eigenvalue weighted by molar-refractivity contribution is 7.22. The number of nitrogens with zero attached hydrogens (tertiary/aromatic N) is 3. The van der Waals surface area contributed by atoms with E-state index >= 15 is 0 Å². The van der Waals surface area contributed by atoms with Gasteiger partial charge in [-0.2, -0.15) is 8.78 Å². The maximum absolute atomic E-state index is 14.2. The van der Waals surface area contributed by atoms with Crippen LogP contribution in [0.3, 0.4) is 0 Å². The van der Waals surface area contributed by atoms with Crippen molar-refractivity contribution in [1.82, 2.24) is 9.97 Å². The second-order valence-electron chi connectivity index (χ2n) is 6.58. The molecule has 132 valence electrons. The number of alkyl halides is 2. The molecule has 0 saturated heterocycles. The first-order chi connectivity index (χ1) is 12.5. The molecule has 8 heteroatoms. The summed E-state index contributed by atoms with van der Waals surface area (Å²) in [6.45, 7) is 0. The van der Waals surface area contributed by atoms with E-state index in [0.717, 1.165) is 15.3 Å². The molecule has 1 saturated carbocycles. The Balaban J connectivity index is 1.32. The molecule has 2 aromatic heterocycles. The van der Waals surface area contributed by atoms with Crippen LogP contribution in [0.5, 0.6) is 0 Å². The summed E-state index contributed by atoms with van der Waals surface area (Å²) in [6, 6.07) is 10.4. The average Bonchev–Trinajstić information content (AvgIpc) is 3.09. The van der Waals surface area contributed by atoms with E-state index in [0.29, 0.717) is 12.8 Å². The standard InChI is InChI=1S/C18H14F2N4OS/c19-18(20)12-4-3-7-21-15(12)24(16(18)25)11-8-10(9-11)22-17-23-13-5-1-2-6-14(13)26-17/h1-7,10-11H,8-9H2,(H,22,23)/t10-,11-. The quantitative estimate of drug-likeness (QED) is 0.760. The molecule has 3 heterocycles. The van der Waals surface area contributed by atoms with Gasteiger partial charge >= 0.3 is 11.8 Å². The molecule has 3 aromatic rings. The Morgan fingerprint density at radius 2 is 2.00 bits per heavy atom. The van der Waals surface area contributed by atoms with E-state index < -0.39 is 11.8 Å². The Kier molecular flexibility index (Phi) is 3.27. The number of nitrogens with one attached hydrogen (secondary N) is 1. The van der Waals surface area contributed by atoms with E-state index in [2.05, 4.69) is 15.3 Å². The van der Waals surface area contributed by atoms with Crippen molar-refractivity contribution in [3.63, 3.8) is 0 Å². The molecule has 0 spiro atoms. The first kappa shape index (κ1) is 15.6. The van der Waals surface area contributed by atoms with Crippen molar-refractivity contribution in [2.75, 3.05) is 10.2 Å². The van der Waals surface area contributed by atoms with Gasteiger partial charge in [0.15, 0.2) is 5.13 Å². The number of hydrogen-bond acceptors (Lipinski definition) is 5. The van der Waals surface area contributed by atoms with Gasteiger partial charge in [0.1, 0.15) is 5.82 Å². The lowest BCUT2D eigenvalue weighted by Gasteiger charge is -2.40. The highest BCUT2D eigenvalue weighted by atomic mass is 32.1. The molecule has 5 rings (SSSR count). The van der Waals surface area contributed by atoms with Crippen molar-refractivity contribution < 1.29 is 13.6 Å². The van der Waals surface area contributed by atoms with Gasteiger partial charge in [-0.1, -0.05) is 23.5 Å². The van der Waals surface area contributed by atoms with Crippen molar-refractivity contribution in [2.24, 2.45) is 0 Å². The summed E-state index contributed by atoms with van der Waals surface area (Å²) in [4.78, 5) is 21.9. The summed E-state index contributed by atoms with van der Waals surface area (Å²) in [5, 5.41) is 4.15. The summed E-state index contributed by atoms with van der Waals surface area (Å²) >= 11 is 1.56. The molecule has 0 radical (unpaired) electrons. The summed E-state index contributed by atoms with van der Waals surface area (Å²) in [7, 11) is 0. The summed E-state index contributed by atoms with van der Waals surface area (Å²) in [6.07, 6.45) is 2.62. The number of para-hydroxylation sites is 1. The lowest BCUT2D eigenvalue weighted by molar-refractivity contribution is -0.142. The highest BCUT2D eigenvalue weighted by Gasteiger charge is 2.57. The fourth-order valence-corrected chi connectivity index (χ4v) is 4.50. The lowest BCUT2D eigenvalue weighted by atomic mass is 9.85. The third-order valence-electron chi connectivity index (χ3n) is 4.94. The van der Waals surface area contributed by atoms with Crippen LogP contribution in [0.25, 0.3) is 10.2 Å². The molecular weight excluding hydrogens is 358 g/mol. The molecule has 0 atom stereocenters. The Morgan fingerprint density at radius 1 is 1.19 bits per heavy atom.